The Morgan fingerprint density at radius 1 is 1.60 bits per heavy atom. The van der Waals surface area contributed by atoms with Crippen LogP contribution in [0.1, 0.15) is 0 Å². The van der Waals surface area contributed by atoms with Crippen molar-refractivity contribution in [2.75, 3.05) is 27.4 Å². The van der Waals surface area contributed by atoms with Gasteiger partial charge in [0.1, 0.15) is 0 Å². The second-order valence-corrected chi connectivity index (χ2v) is 1.56. The lowest BCUT2D eigenvalue weighted by atomic mass is 10.7. The van der Waals surface area contributed by atoms with Gasteiger partial charge in [0.2, 0.25) is 0 Å². The van der Waals surface area contributed by atoms with Crippen LogP contribution in [0.3, 0.4) is 0 Å². The van der Waals surface area contributed by atoms with E-state index < -0.39 is 6.09 Å². The molecule has 0 aromatic rings. The third kappa shape index (κ3) is 3.26. The molecule has 0 bridgehead atoms. The number of methoxy groups -OCH3 is 1. The Balaban J connectivity index is 3.50. The maximum atomic E-state index is 10.2. The summed E-state index contributed by atoms with van der Waals surface area (Å²) in [6.07, 6.45) is -1.11. The molecule has 0 saturated heterocycles. The van der Waals surface area contributed by atoms with Crippen molar-refractivity contribution in [3.8, 4) is 0 Å². The first-order chi connectivity index (χ1) is 4.72. The number of nitrogens with zero attached hydrogens (tertiary/aromatic N) is 1. The molecular weight excluding hydrogens is 138 g/mol. The van der Waals surface area contributed by atoms with Crippen LogP contribution in [0, 0.1) is 0 Å². The zero-order valence-electron chi connectivity index (χ0n) is 6.03. The summed E-state index contributed by atoms with van der Waals surface area (Å²) in [6.45, 7) is 0.558. The van der Waals surface area contributed by atoms with Crippen LogP contribution in [0.15, 0.2) is 0 Å². The van der Waals surface area contributed by atoms with Gasteiger partial charge in [0.25, 0.3) is 0 Å². The average Bonchev–Trinajstić information content (AvgIpc) is 1.89. The molecule has 0 spiro atoms. The summed E-state index contributed by atoms with van der Waals surface area (Å²) in [7, 11) is 2.79. The first-order valence-electron chi connectivity index (χ1n) is 2.76. The Bertz CT molecular complexity index is 106. The van der Waals surface area contributed by atoms with Crippen LogP contribution in [-0.2, 0) is 9.57 Å². The number of hydrogen-bond acceptors (Lipinski definition) is 3. The molecule has 5 heteroatoms. The lowest BCUT2D eigenvalue weighted by Crippen LogP contribution is -2.31. The fourth-order valence-corrected chi connectivity index (χ4v) is 0.439. The van der Waals surface area contributed by atoms with Crippen LogP contribution in [-0.4, -0.2) is 43.6 Å². The van der Waals surface area contributed by atoms with Gasteiger partial charge in [0.15, 0.2) is 0 Å². The summed E-state index contributed by atoms with van der Waals surface area (Å²) >= 11 is 0. The minimum atomic E-state index is -1.11. The molecule has 0 radical (unpaired) electrons. The normalized spacial score (nSPS) is 9.40. The number of rotatable bonds is 4. The first kappa shape index (κ1) is 9.19. The minimum absolute atomic E-state index is 0.225. The van der Waals surface area contributed by atoms with Gasteiger partial charge in [0.05, 0.1) is 20.3 Å². The third-order valence-corrected chi connectivity index (χ3v) is 0.932. The SMILES string of the molecule is COCCN(OC)C(=O)O. The molecule has 0 fully saturated rings. The molecule has 0 heterocycles. The fraction of sp³-hybridized carbons (Fsp3) is 0.800. The van der Waals surface area contributed by atoms with Crippen LogP contribution >= 0.6 is 0 Å². The fourth-order valence-electron chi connectivity index (χ4n) is 0.439. The van der Waals surface area contributed by atoms with Gasteiger partial charge in [-0.25, -0.2) is 4.79 Å². The number of amides is 1. The molecule has 60 valence electrons. The molecule has 0 saturated carbocycles. The highest BCUT2D eigenvalue weighted by molar-refractivity contribution is 5.63. The van der Waals surface area contributed by atoms with Gasteiger partial charge in [-0.2, -0.15) is 5.06 Å². The monoisotopic (exact) mass is 149 g/mol. The van der Waals surface area contributed by atoms with Crippen molar-refractivity contribution in [2.45, 2.75) is 0 Å². The van der Waals surface area contributed by atoms with Crippen molar-refractivity contribution in [3.05, 3.63) is 0 Å². The van der Waals surface area contributed by atoms with Crippen molar-refractivity contribution in [2.24, 2.45) is 0 Å². The predicted molar refractivity (Wildman–Crippen MR) is 33.6 cm³/mol. The molecule has 0 unspecified atom stereocenters. The van der Waals surface area contributed by atoms with Gasteiger partial charge in [0, 0.05) is 7.11 Å². The maximum Gasteiger partial charge on any atom is 0.431 e. The lowest BCUT2D eigenvalue weighted by molar-refractivity contribution is -0.110. The topological polar surface area (TPSA) is 59.0 Å². The number of hydrogen-bond donors (Lipinski definition) is 1. The highest BCUT2D eigenvalue weighted by atomic mass is 16.7. The molecule has 0 aliphatic heterocycles. The molecule has 5 nitrogen and oxygen atoms in total. The molecule has 0 rings (SSSR count). The zero-order chi connectivity index (χ0) is 7.98. The van der Waals surface area contributed by atoms with Crippen molar-refractivity contribution in [3.63, 3.8) is 0 Å². The van der Waals surface area contributed by atoms with Gasteiger partial charge in [-0.3, -0.25) is 4.84 Å². The Morgan fingerprint density at radius 2 is 2.20 bits per heavy atom. The van der Waals surface area contributed by atoms with Gasteiger partial charge in [-0.05, 0) is 0 Å². The number of carbonyl (C=O) groups is 1. The van der Waals surface area contributed by atoms with E-state index in [2.05, 4.69) is 9.57 Å². The Labute approximate surface area is 59.1 Å². The van der Waals surface area contributed by atoms with Gasteiger partial charge >= 0.3 is 6.09 Å². The number of carboxylic acid groups (broad SMARTS) is 1. The third-order valence-electron chi connectivity index (χ3n) is 0.932. The first-order valence-corrected chi connectivity index (χ1v) is 2.76. The molecule has 0 atom stereocenters. The largest absolute Gasteiger partial charge is 0.463 e. The van der Waals surface area contributed by atoms with E-state index in [1.807, 2.05) is 0 Å². The Morgan fingerprint density at radius 3 is 2.50 bits per heavy atom. The smallest absolute Gasteiger partial charge is 0.431 e. The summed E-state index contributed by atoms with van der Waals surface area (Å²) in [5.74, 6) is 0. The Hall–Kier alpha value is -0.810. The zero-order valence-corrected chi connectivity index (χ0v) is 6.03. The molecule has 10 heavy (non-hydrogen) atoms. The second-order valence-electron chi connectivity index (χ2n) is 1.56. The molecule has 0 aromatic heterocycles. The van der Waals surface area contributed by atoms with E-state index in [9.17, 15) is 4.79 Å². The number of hydroxylamine groups is 2. The molecule has 0 aliphatic carbocycles. The van der Waals surface area contributed by atoms with Crippen molar-refractivity contribution in [1.82, 2.24) is 5.06 Å². The summed E-state index contributed by atoms with van der Waals surface area (Å²) in [6, 6.07) is 0. The average molecular weight is 149 g/mol. The van der Waals surface area contributed by atoms with E-state index in [4.69, 9.17) is 5.11 Å². The van der Waals surface area contributed by atoms with Crippen molar-refractivity contribution < 1.29 is 19.5 Å². The summed E-state index contributed by atoms with van der Waals surface area (Å²) in [5.41, 5.74) is 0. The summed E-state index contributed by atoms with van der Waals surface area (Å²) in [4.78, 5) is 14.6. The van der Waals surface area contributed by atoms with Crippen LogP contribution in [0.2, 0.25) is 0 Å². The Kier molecular flexibility index (Phi) is 4.61. The van der Waals surface area contributed by atoms with Crippen molar-refractivity contribution in [1.29, 1.82) is 0 Å². The molecule has 1 amide bonds. The maximum absolute atomic E-state index is 10.2. The molecular formula is C5H11NO4. The predicted octanol–water partition coefficient (Wildman–Crippen LogP) is 0.174. The highest BCUT2D eigenvalue weighted by Crippen LogP contribution is 1.87. The molecule has 0 aromatic carbocycles. The van der Waals surface area contributed by atoms with E-state index >= 15 is 0 Å². The summed E-state index contributed by atoms with van der Waals surface area (Å²) < 4.78 is 4.64. The van der Waals surface area contributed by atoms with Crippen molar-refractivity contribution >= 4 is 6.09 Å². The minimum Gasteiger partial charge on any atom is -0.463 e. The number of ether oxygens (including phenoxy) is 1. The second kappa shape index (κ2) is 5.01. The van der Waals surface area contributed by atoms with Crippen LogP contribution in [0.4, 0.5) is 4.79 Å². The van der Waals surface area contributed by atoms with E-state index in [0.717, 1.165) is 5.06 Å². The molecule has 0 aliphatic rings. The standard InChI is InChI=1S/C5H11NO4/c1-9-4-3-6(10-2)5(7)8/h3-4H2,1-2H3,(H,7,8). The van der Waals surface area contributed by atoms with Gasteiger partial charge in [-0.1, -0.05) is 0 Å². The van der Waals surface area contributed by atoms with Crippen LogP contribution in [0.25, 0.3) is 0 Å². The van der Waals surface area contributed by atoms with Crippen LogP contribution < -0.4 is 0 Å². The van der Waals surface area contributed by atoms with Gasteiger partial charge in [-0.15, -0.1) is 0 Å². The van der Waals surface area contributed by atoms with E-state index in [-0.39, 0.29) is 6.54 Å². The van der Waals surface area contributed by atoms with Crippen LogP contribution in [0.5, 0.6) is 0 Å². The summed E-state index contributed by atoms with van der Waals surface area (Å²) in [5, 5.41) is 9.14. The van der Waals surface area contributed by atoms with Gasteiger partial charge < -0.3 is 9.84 Å². The quantitative estimate of drug-likeness (QED) is 0.579. The lowest BCUT2D eigenvalue weighted by Gasteiger charge is -2.14. The van der Waals surface area contributed by atoms with E-state index in [0.29, 0.717) is 6.61 Å². The van der Waals surface area contributed by atoms with E-state index in [1.54, 1.807) is 0 Å². The highest BCUT2D eigenvalue weighted by Gasteiger charge is 2.08. The van der Waals surface area contributed by atoms with E-state index in [1.165, 1.54) is 14.2 Å². The molecule has 1 N–H and O–H groups in total.